The van der Waals surface area contributed by atoms with Crippen LogP contribution in [0.5, 0.6) is 0 Å². The van der Waals surface area contributed by atoms with E-state index in [2.05, 4.69) is 20.8 Å². The molecule has 0 aliphatic carbocycles. The van der Waals surface area contributed by atoms with Gasteiger partial charge in [0.05, 0.1) is 6.61 Å². The van der Waals surface area contributed by atoms with E-state index in [1.165, 1.54) is 308 Å². The lowest BCUT2D eigenvalue weighted by molar-refractivity contribution is -0.201. The van der Waals surface area contributed by atoms with Crippen molar-refractivity contribution in [3.63, 3.8) is 0 Å². The van der Waals surface area contributed by atoms with Crippen molar-refractivity contribution in [1.29, 1.82) is 0 Å². The lowest BCUT2D eigenvalue weighted by Gasteiger charge is -2.37. The van der Waals surface area contributed by atoms with Crippen molar-refractivity contribution in [1.82, 2.24) is 0 Å². The maximum Gasteiger partial charge on any atom is 0.134 e. The Hall–Kier alpha value is 0.0200. The molecular weight excluding hydrogens is 788 g/mol. The van der Waals surface area contributed by atoms with E-state index < -0.39 is 7.60 Å². The highest BCUT2D eigenvalue weighted by molar-refractivity contribution is 7.51. The molecule has 380 valence electrons. The quantitative estimate of drug-likeness (QED) is 0.0347. The fourth-order valence-corrected chi connectivity index (χ4v) is 10.7. The van der Waals surface area contributed by atoms with Crippen molar-refractivity contribution in [2.24, 2.45) is 5.41 Å². The maximum absolute atomic E-state index is 12.7. The second-order valence-electron chi connectivity index (χ2n) is 20.9. The van der Waals surface area contributed by atoms with Gasteiger partial charge >= 0.3 is 0 Å². The Morgan fingerprint density at radius 2 is 0.460 bits per heavy atom. The predicted octanol–water partition coefficient (Wildman–Crippen LogP) is 22.0. The topological polar surface area (TPSA) is 49.4 Å². The van der Waals surface area contributed by atoms with E-state index in [0.29, 0.717) is 6.61 Å². The minimum Gasteiger partial charge on any atom is -0.779 e. The Morgan fingerprint density at radius 1 is 0.302 bits per heavy atom. The van der Waals surface area contributed by atoms with E-state index in [4.69, 9.17) is 4.52 Å². The van der Waals surface area contributed by atoms with Crippen LogP contribution >= 0.6 is 7.60 Å². The van der Waals surface area contributed by atoms with Crippen molar-refractivity contribution in [2.45, 2.75) is 355 Å². The molecule has 0 aliphatic heterocycles. The maximum atomic E-state index is 12.7. The van der Waals surface area contributed by atoms with Gasteiger partial charge < -0.3 is 14.0 Å². The molecule has 0 bridgehead atoms. The monoisotopic (exact) mass is 909 g/mol. The highest BCUT2D eigenvalue weighted by atomic mass is 31.2. The molecule has 4 heteroatoms. The first-order valence-electron chi connectivity index (χ1n) is 29.4. The second kappa shape index (κ2) is 53.0. The smallest absolute Gasteiger partial charge is 0.134 e. The van der Waals surface area contributed by atoms with Gasteiger partial charge in [-0.05, 0) is 24.7 Å². The highest BCUT2D eigenvalue weighted by Crippen LogP contribution is 2.44. The molecule has 0 saturated carbocycles. The zero-order valence-corrected chi connectivity index (χ0v) is 45.5. The van der Waals surface area contributed by atoms with Crippen molar-refractivity contribution >= 4 is 7.60 Å². The highest BCUT2D eigenvalue weighted by Gasteiger charge is 2.30. The lowest BCUT2D eigenvalue weighted by Crippen LogP contribution is -2.28. The first-order valence-corrected chi connectivity index (χ1v) is 31.1. The zero-order valence-electron chi connectivity index (χ0n) is 44.6. The van der Waals surface area contributed by atoms with Gasteiger partial charge in [0.15, 0.2) is 0 Å². The Kier molecular flexibility index (Phi) is 54.7. The third-order valence-electron chi connectivity index (χ3n) is 14.6. The molecule has 0 aromatic rings. The van der Waals surface area contributed by atoms with E-state index in [1.807, 2.05) is 0 Å². The fraction of sp³-hybridized carbons (Fsp3) is 0.983. The molecule has 0 aromatic carbocycles. The molecule has 0 aromatic heterocycles. The predicted molar refractivity (Wildman–Crippen MR) is 285 cm³/mol. The van der Waals surface area contributed by atoms with Crippen LogP contribution in [0.25, 0.3) is 0 Å². The van der Waals surface area contributed by atoms with Gasteiger partial charge in [0.2, 0.25) is 0 Å². The van der Waals surface area contributed by atoms with Crippen LogP contribution in [0.4, 0.5) is 0 Å². The molecular formula is C59H121O3P. The van der Waals surface area contributed by atoms with Gasteiger partial charge in [-0.2, -0.15) is 0 Å². The Bertz CT molecular complexity index is 786. The normalized spacial score (nSPS) is 12.8. The molecule has 63 heavy (non-hydrogen) atoms. The van der Waals surface area contributed by atoms with Gasteiger partial charge in [0.25, 0.3) is 0 Å². The molecule has 0 rings (SSSR count). The molecule has 0 heterocycles. The summed E-state index contributed by atoms with van der Waals surface area (Å²) >= 11 is 0. The molecule has 0 spiro atoms. The SMILES string of the molecule is CCCCCCCCCCCCCCCCCCC(CCCCCCCCCCCCCCCCCC)(CCCCCCCCCCCCCCCCCC)COP(=O)([O-])CC.[CH3+]. The Morgan fingerprint density at radius 3 is 0.619 bits per heavy atom. The van der Waals surface area contributed by atoms with Crippen LogP contribution in [-0.2, 0) is 9.09 Å². The standard InChI is InChI=1S/C58H119O3P.CH3/c1-5-9-12-15-18-21-24-27-30-33-36-39-42-45-48-51-54-58(57-61-62(59,60)8-4,55-52-49-46-43-40-37-34-31-28-25-22-19-16-13-10-6-2)56-53-50-47-44-41-38-35-32-29-26-23-20-17-14-11-7-3;/h5-57H2,1-4H3,(H,59,60);1H3/q;+1/p-1. The summed E-state index contributed by atoms with van der Waals surface area (Å²) < 4.78 is 18.6. The lowest BCUT2D eigenvalue weighted by atomic mass is 9.74. The summed E-state index contributed by atoms with van der Waals surface area (Å²) in [6.07, 6.45) is 70.4. The van der Waals surface area contributed by atoms with E-state index >= 15 is 0 Å². The average molecular weight is 910 g/mol. The molecule has 0 aliphatic rings. The van der Waals surface area contributed by atoms with Gasteiger partial charge in [-0.25, -0.2) is 0 Å². The first kappa shape index (κ1) is 65.1. The van der Waals surface area contributed by atoms with Gasteiger partial charge in [0.1, 0.15) is 7.60 Å². The van der Waals surface area contributed by atoms with E-state index in [-0.39, 0.29) is 19.0 Å². The van der Waals surface area contributed by atoms with Crippen LogP contribution in [0, 0.1) is 12.8 Å². The van der Waals surface area contributed by atoms with Crippen LogP contribution < -0.4 is 4.89 Å². The average Bonchev–Trinajstić information content (AvgIpc) is 3.27. The van der Waals surface area contributed by atoms with Crippen LogP contribution in [-0.4, -0.2) is 12.8 Å². The summed E-state index contributed by atoms with van der Waals surface area (Å²) in [7, 11) is -3.75. The summed E-state index contributed by atoms with van der Waals surface area (Å²) in [5.41, 5.74) is 0.0250. The molecule has 0 amide bonds. The summed E-state index contributed by atoms with van der Waals surface area (Å²) in [6, 6.07) is 0. The van der Waals surface area contributed by atoms with Crippen molar-refractivity contribution in [3.8, 4) is 0 Å². The summed E-state index contributed by atoms with van der Waals surface area (Å²) in [5, 5.41) is 0. The molecule has 0 saturated heterocycles. The van der Waals surface area contributed by atoms with Crippen LogP contribution in [0.2, 0.25) is 0 Å². The van der Waals surface area contributed by atoms with Gasteiger partial charge in [-0.3, -0.25) is 0 Å². The van der Waals surface area contributed by atoms with Crippen molar-refractivity contribution in [2.75, 3.05) is 12.8 Å². The van der Waals surface area contributed by atoms with Crippen molar-refractivity contribution in [3.05, 3.63) is 7.43 Å². The van der Waals surface area contributed by atoms with E-state index in [9.17, 15) is 9.46 Å². The van der Waals surface area contributed by atoms with Gasteiger partial charge in [-0.15, -0.1) is 0 Å². The van der Waals surface area contributed by atoms with Crippen molar-refractivity contribution < 1.29 is 14.0 Å². The van der Waals surface area contributed by atoms with E-state index in [0.717, 1.165) is 19.3 Å². The Balaban J connectivity index is 0. The molecule has 3 nitrogen and oxygen atoms in total. The summed E-state index contributed by atoms with van der Waals surface area (Å²) in [6.45, 7) is 9.09. The minimum absolute atomic E-state index is 0. The molecule has 1 unspecified atom stereocenters. The molecule has 0 N–H and O–H groups in total. The summed E-state index contributed by atoms with van der Waals surface area (Å²) in [5.74, 6) is 0. The number of unbranched alkanes of at least 4 members (excludes halogenated alkanes) is 45. The van der Waals surface area contributed by atoms with Crippen LogP contribution in [0.3, 0.4) is 0 Å². The number of hydrogen-bond acceptors (Lipinski definition) is 3. The van der Waals surface area contributed by atoms with E-state index in [1.54, 1.807) is 6.92 Å². The second-order valence-corrected chi connectivity index (χ2v) is 23.0. The minimum atomic E-state index is -3.75. The molecule has 0 fully saturated rings. The zero-order chi connectivity index (χ0) is 45.2. The fourth-order valence-electron chi connectivity index (χ4n) is 10.1. The summed E-state index contributed by atoms with van der Waals surface area (Å²) in [4.78, 5) is 12.7. The van der Waals surface area contributed by atoms with Crippen LogP contribution in [0.1, 0.15) is 355 Å². The van der Waals surface area contributed by atoms with Crippen LogP contribution in [0.15, 0.2) is 0 Å². The third-order valence-corrected chi connectivity index (χ3v) is 15.9. The van der Waals surface area contributed by atoms with Gasteiger partial charge in [0, 0.05) is 13.6 Å². The first-order chi connectivity index (χ1) is 30.4. The Labute approximate surface area is 400 Å². The third kappa shape index (κ3) is 49.7. The molecule has 1 atom stereocenters. The van der Waals surface area contributed by atoms with Gasteiger partial charge in [-0.1, -0.05) is 336 Å². The largest absolute Gasteiger partial charge is 0.779 e. The molecule has 0 radical (unpaired) electrons. The number of hydrogen-bond donors (Lipinski definition) is 0. The number of rotatable bonds is 55.